The minimum absolute atomic E-state index is 0.288. The number of carbonyl (C=O) groups is 1. The highest BCUT2D eigenvalue weighted by atomic mass is 32.2. The van der Waals surface area contributed by atoms with E-state index in [-0.39, 0.29) is 5.82 Å². The number of fused-ring (bicyclic) bond motifs is 3. The summed E-state index contributed by atoms with van der Waals surface area (Å²) in [6, 6.07) is 9.88. The molecule has 0 aliphatic carbocycles. The normalized spacial score (nSPS) is 12.7. The van der Waals surface area contributed by atoms with E-state index in [1.807, 2.05) is 34.9 Å². The quantitative estimate of drug-likeness (QED) is 0.509. The highest BCUT2D eigenvalue weighted by Crippen LogP contribution is 2.29. The fourth-order valence-electron chi connectivity index (χ4n) is 2.72. The molecular weight excluding hydrogens is 354 g/mol. The van der Waals surface area contributed by atoms with E-state index in [1.165, 1.54) is 6.33 Å². The Labute approximate surface area is 151 Å². The molecule has 4 aromatic rings. The summed E-state index contributed by atoms with van der Waals surface area (Å²) < 4.78 is 3.61. The van der Waals surface area contributed by atoms with Crippen molar-refractivity contribution in [1.29, 1.82) is 0 Å². The molecule has 0 bridgehead atoms. The first-order chi connectivity index (χ1) is 12.6. The van der Waals surface area contributed by atoms with E-state index in [0.717, 1.165) is 17.3 Å². The molecule has 1 aromatic carbocycles. The number of nitrogen functional groups attached to an aromatic ring is 1. The van der Waals surface area contributed by atoms with Gasteiger partial charge in [-0.15, -0.1) is 10.2 Å². The SMILES string of the molecule is C[C@H](Sc1nnc2n(Cc3ccccc3)c3ncnc(N)c3n12)C(=O)O. The highest BCUT2D eigenvalue weighted by Gasteiger charge is 2.23. The van der Waals surface area contributed by atoms with E-state index in [0.29, 0.717) is 28.6 Å². The summed E-state index contributed by atoms with van der Waals surface area (Å²) in [5.41, 5.74) is 8.34. The minimum Gasteiger partial charge on any atom is -0.480 e. The van der Waals surface area contributed by atoms with Crippen LogP contribution in [0.5, 0.6) is 0 Å². The number of aromatic nitrogens is 6. The van der Waals surface area contributed by atoms with E-state index in [1.54, 1.807) is 11.3 Å². The molecular formula is C16H15N7O2S. The molecule has 0 saturated heterocycles. The van der Waals surface area contributed by atoms with Crippen LogP contribution in [-0.4, -0.2) is 45.5 Å². The Bertz CT molecular complexity index is 1110. The maximum atomic E-state index is 11.2. The number of imidazole rings is 1. The van der Waals surface area contributed by atoms with E-state index in [2.05, 4.69) is 20.2 Å². The molecule has 132 valence electrons. The van der Waals surface area contributed by atoms with Crippen molar-refractivity contribution in [3.63, 3.8) is 0 Å². The van der Waals surface area contributed by atoms with Gasteiger partial charge < -0.3 is 10.8 Å². The average molecular weight is 369 g/mol. The van der Waals surface area contributed by atoms with Crippen LogP contribution in [0.15, 0.2) is 41.8 Å². The minimum atomic E-state index is -0.927. The Morgan fingerprint density at radius 2 is 2.04 bits per heavy atom. The number of aliphatic carboxylic acids is 1. The number of carboxylic acid groups (broad SMARTS) is 1. The molecule has 3 aromatic heterocycles. The van der Waals surface area contributed by atoms with E-state index >= 15 is 0 Å². The van der Waals surface area contributed by atoms with Crippen molar-refractivity contribution >= 4 is 40.5 Å². The second-order valence-electron chi connectivity index (χ2n) is 5.72. The Morgan fingerprint density at radius 3 is 2.77 bits per heavy atom. The van der Waals surface area contributed by atoms with Crippen molar-refractivity contribution in [2.75, 3.05) is 5.73 Å². The molecule has 9 nitrogen and oxygen atoms in total. The Morgan fingerprint density at radius 1 is 1.27 bits per heavy atom. The lowest BCUT2D eigenvalue weighted by Gasteiger charge is -2.04. The van der Waals surface area contributed by atoms with Crippen LogP contribution in [-0.2, 0) is 11.3 Å². The number of nitrogens with two attached hydrogens (primary N) is 1. The Balaban J connectivity index is 1.92. The lowest BCUT2D eigenvalue weighted by atomic mass is 10.2. The molecule has 0 aliphatic rings. The summed E-state index contributed by atoms with van der Waals surface area (Å²) in [6.07, 6.45) is 1.40. The molecule has 0 amide bonds. The molecule has 1 atom stereocenters. The summed E-state index contributed by atoms with van der Waals surface area (Å²) in [5, 5.41) is 17.3. The molecule has 3 heterocycles. The van der Waals surface area contributed by atoms with Crippen molar-refractivity contribution in [2.45, 2.75) is 23.9 Å². The van der Waals surface area contributed by atoms with Gasteiger partial charge in [-0.25, -0.2) is 14.4 Å². The predicted octanol–water partition coefficient (Wildman–Crippen LogP) is 1.67. The predicted molar refractivity (Wildman–Crippen MR) is 97.0 cm³/mol. The molecule has 0 fully saturated rings. The van der Waals surface area contributed by atoms with Gasteiger partial charge in [0.1, 0.15) is 17.1 Å². The van der Waals surface area contributed by atoms with Gasteiger partial charge in [-0.05, 0) is 12.5 Å². The fourth-order valence-corrected chi connectivity index (χ4v) is 3.50. The second-order valence-corrected chi connectivity index (χ2v) is 7.03. The first-order valence-electron chi connectivity index (χ1n) is 7.83. The lowest BCUT2D eigenvalue weighted by molar-refractivity contribution is -0.136. The fraction of sp³-hybridized carbons (Fsp3) is 0.188. The van der Waals surface area contributed by atoms with Crippen molar-refractivity contribution < 1.29 is 9.90 Å². The molecule has 0 saturated carbocycles. The first-order valence-corrected chi connectivity index (χ1v) is 8.71. The molecule has 0 radical (unpaired) electrons. The average Bonchev–Trinajstić information content (AvgIpc) is 3.16. The topological polar surface area (TPSA) is 124 Å². The number of thioether (sulfide) groups is 1. The molecule has 26 heavy (non-hydrogen) atoms. The third-order valence-electron chi connectivity index (χ3n) is 3.98. The van der Waals surface area contributed by atoms with Gasteiger partial charge in [-0.3, -0.25) is 9.36 Å². The number of nitrogens with zero attached hydrogens (tertiary/aromatic N) is 6. The molecule has 0 unspecified atom stereocenters. The van der Waals surface area contributed by atoms with Crippen molar-refractivity contribution in [3.8, 4) is 0 Å². The maximum absolute atomic E-state index is 11.2. The van der Waals surface area contributed by atoms with Crippen LogP contribution in [0.3, 0.4) is 0 Å². The van der Waals surface area contributed by atoms with E-state index in [4.69, 9.17) is 5.73 Å². The van der Waals surface area contributed by atoms with E-state index < -0.39 is 11.2 Å². The smallest absolute Gasteiger partial charge is 0.316 e. The second kappa shape index (κ2) is 6.30. The van der Waals surface area contributed by atoms with Crippen LogP contribution < -0.4 is 5.73 Å². The van der Waals surface area contributed by atoms with Gasteiger partial charge >= 0.3 is 5.97 Å². The zero-order valence-electron chi connectivity index (χ0n) is 13.8. The molecule has 0 aliphatic heterocycles. The van der Waals surface area contributed by atoms with Crippen LogP contribution >= 0.6 is 11.8 Å². The number of hydrogen-bond acceptors (Lipinski definition) is 7. The van der Waals surface area contributed by atoms with Gasteiger partial charge in [0.2, 0.25) is 5.78 Å². The van der Waals surface area contributed by atoms with Crippen LogP contribution in [0.1, 0.15) is 12.5 Å². The Hall–Kier alpha value is -3.14. The van der Waals surface area contributed by atoms with Crippen LogP contribution in [0.25, 0.3) is 16.9 Å². The summed E-state index contributed by atoms with van der Waals surface area (Å²) in [7, 11) is 0. The number of carboxylic acids is 1. The first kappa shape index (κ1) is 16.3. The van der Waals surface area contributed by atoms with Gasteiger partial charge in [0.15, 0.2) is 16.6 Å². The molecule has 0 spiro atoms. The third-order valence-corrected chi connectivity index (χ3v) is 5.01. The summed E-state index contributed by atoms with van der Waals surface area (Å²) >= 11 is 1.10. The van der Waals surface area contributed by atoms with Gasteiger partial charge in [-0.1, -0.05) is 42.1 Å². The standard InChI is InChI=1S/C16H15N7O2S/c1-9(14(24)25)26-16-21-20-15-22(7-10-5-3-2-4-6-10)13-11(23(15)16)12(17)18-8-19-13/h2-6,8-9H,7H2,1H3,(H,24,25)(H2,17,18,19)/t9-/m0/s1. The number of rotatable bonds is 5. The molecule has 4 rings (SSSR count). The Kier molecular flexibility index (Phi) is 3.96. The molecule has 3 N–H and O–H groups in total. The van der Waals surface area contributed by atoms with Crippen molar-refractivity contribution in [3.05, 3.63) is 42.2 Å². The van der Waals surface area contributed by atoms with Crippen LogP contribution in [0, 0.1) is 0 Å². The van der Waals surface area contributed by atoms with Gasteiger partial charge in [0.25, 0.3) is 0 Å². The zero-order chi connectivity index (χ0) is 18.3. The monoisotopic (exact) mass is 369 g/mol. The highest BCUT2D eigenvalue weighted by molar-refractivity contribution is 8.00. The molecule has 10 heteroatoms. The van der Waals surface area contributed by atoms with Gasteiger partial charge in [0, 0.05) is 0 Å². The van der Waals surface area contributed by atoms with Crippen LogP contribution in [0.2, 0.25) is 0 Å². The van der Waals surface area contributed by atoms with Gasteiger partial charge in [0.05, 0.1) is 6.54 Å². The van der Waals surface area contributed by atoms with Crippen molar-refractivity contribution in [1.82, 2.24) is 29.1 Å². The summed E-state index contributed by atoms with van der Waals surface area (Å²) in [4.78, 5) is 19.6. The lowest BCUT2D eigenvalue weighted by Crippen LogP contribution is -2.12. The largest absolute Gasteiger partial charge is 0.480 e. The summed E-state index contributed by atoms with van der Waals surface area (Å²) in [5.74, 6) is -0.100. The maximum Gasteiger partial charge on any atom is 0.316 e. The number of benzene rings is 1. The zero-order valence-corrected chi connectivity index (χ0v) is 14.6. The van der Waals surface area contributed by atoms with E-state index in [9.17, 15) is 9.90 Å². The summed E-state index contributed by atoms with van der Waals surface area (Å²) in [6.45, 7) is 2.12. The third kappa shape index (κ3) is 2.64. The van der Waals surface area contributed by atoms with Crippen LogP contribution in [0.4, 0.5) is 5.82 Å². The van der Waals surface area contributed by atoms with Crippen molar-refractivity contribution in [2.24, 2.45) is 0 Å². The number of anilines is 1. The number of hydrogen-bond donors (Lipinski definition) is 2. The van der Waals surface area contributed by atoms with Gasteiger partial charge in [-0.2, -0.15) is 0 Å².